The summed E-state index contributed by atoms with van der Waals surface area (Å²) in [6, 6.07) is 8.83. The van der Waals surface area contributed by atoms with Crippen LogP contribution in [-0.4, -0.2) is 45.3 Å². The lowest BCUT2D eigenvalue weighted by molar-refractivity contribution is -0.155. The van der Waals surface area contributed by atoms with Gasteiger partial charge in [-0.1, -0.05) is 6.08 Å². The molecule has 4 heterocycles. The molecule has 0 N–H and O–H groups in total. The highest BCUT2D eigenvalue weighted by Gasteiger charge is 2.35. The highest BCUT2D eigenvalue weighted by molar-refractivity contribution is 5.90. The monoisotopic (exact) mass is 593 g/mol. The number of anilines is 1. The summed E-state index contributed by atoms with van der Waals surface area (Å²) < 4.78 is 16.8. The second-order valence-corrected chi connectivity index (χ2v) is 14.2. The average molecular weight is 594 g/mol. The van der Waals surface area contributed by atoms with Gasteiger partial charge in [0.25, 0.3) is 0 Å². The first-order valence-electron chi connectivity index (χ1n) is 15.7. The zero-order valence-corrected chi connectivity index (χ0v) is 27.8. The lowest BCUT2D eigenvalue weighted by Crippen LogP contribution is -2.48. The van der Waals surface area contributed by atoms with Crippen LogP contribution >= 0.6 is 0 Å². The number of aromatic nitrogens is 2. The minimum Gasteiger partial charge on any atom is -0.459 e. The number of hydrogen-bond acceptors (Lipinski definition) is 5. The lowest BCUT2D eigenvalue weighted by Gasteiger charge is -2.43. The Kier molecular flexibility index (Phi) is 6.95. The van der Waals surface area contributed by atoms with Crippen LogP contribution in [0.3, 0.4) is 0 Å². The molecule has 44 heavy (non-hydrogen) atoms. The summed E-state index contributed by atoms with van der Waals surface area (Å²) in [5, 5.41) is 2.10. The molecule has 230 valence electrons. The summed E-state index contributed by atoms with van der Waals surface area (Å²) in [4.78, 5) is 20.3. The molecule has 0 fully saturated rings. The number of hydrogen-bond donors (Lipinski definition) is 0. The van der Waals surface area contributed by atoms with E-state index >= 15 is 0 Å². The van der Waals surface area contributed by atoms with E-state index in [2.05, 4.69) is 100 Å². The van der Waals surface area contributed by atoms with Crippen molar-refractivity contribution in [3.8, 4) is 11.5 Å². The Labute approximate surface area is 260 Å². The van der Waals surface area contributed by atoms with Crippen LogP contribution in [0.1, 0.15) is 91.8 Å². The maximum Gasteiger partial charge on any atom is 0.326 e. The molecule has 0 spiro atoms. The minimum atomic E-state index is -0.574. The number of esters is 1. The molecule has 3 aliphatic heterocycles. The molecule has 2 aromatic carbocycles. The molecule has 3 aromatic rings. The number of likely N-dealkylation sites (N-methyl/N-ethyl adjacent to an activating group) is 2. The third kappa shape index (κ3) is 4.96. The SMILES string of the molecule is CCN1c2cc3c(cc2C(C)=CC1(C)C)C(c1nccn1CC(=O)OC(C)(C)C)=c1cc2c(cc1O3)=[N+](CC)C(C)(C)C=C2. The molecule has 0 saturated carbocycles. The molecule has 0 atom stereocenters. The molecule has 0 aliphatic carbocycles. The van der Waals surface area contributed by atoms with Gasteiger partial charge in [-0.05, 0) is 85.2 Å². The average Bonchev–Trinajstić information content (AvgIpc) is 3.35. The molecule has 0 bridgehead atoms. The van der Waals surface area contributed by atoms with Gasteiger partial charge in [-0.15, -0.1) is 0 Å². The minimum absolute atomic E-state index is 0.0615. The fourth-order valence-electron chi connectivity index (χ4n) is 7.15. The van der Waals surface area contributed by atoms with Gasteiger partial charge >= 0.3 is 5.97 Å². The van der Waals surface area contributed by atoms with E-state index in [-0.39, 0.29) is 23.6 Å². The van der Waals surface area contributed by atoms with Gasteiger partial charge in [-0.3, -0.25) is 4.79 Å². The van der Waals surface area contributed by atoms with E-state index in [0.29, 0.717) is 5.82 Å². The van der Waals surface area contributed by atoms with E-state index in [0.717, 1.165) is 57.6 Å². The fraction of sp³-hybridized carbons (Fsp3) is 0.432. The predicted molar refractivity (Wildman–Crippen MR) is 178 cm³/mol. The van der Waals surface area contributed by atoms with Gasteiger partial charge < -0.3 is 18.9 Å². The van der Waals surface area contributed by atoms with E-state index in [9.17, 15) is 4.79 Å². The Morgan fingerprint density at radius 2 is 1.80 bits per heavy atom. The van der Waals surface area contributed by atoms with Crippen LogP contribution in [0.25, 0.3) is 17.2 Å². The van der Waals surface area contributed by atoms with Gasteiger partial charge in [0.05, 0.1) is 11.6 Å². The van der Waals surface area contributed by atoms with E-state index in [4.69, 9.17) is 14.5 Å². The Morgan fingerprint density at radius 1 is 1.05 bits per heavy atom. The van der Waals surface area contributed by atoms with Crippen molar-refractivity contribution >= 4 is 28.9 Å². The summed E-state index contributed by atoms with van der Waals surface area (Å²) in [5.74, 6) is 1.98. The summed E-state index contributed by atoms with van der Waals surface area (Å²) in [6.45, 7) is 23.0. The summed E-state index contributed by atoms with van der Waals surface area (Å²) in [7, 11) is 0. The largest absolute Gasteiger partial charge is 0.459 e. The Bertz CT molecular complexity index is 1880. The van der Waals surface area contributed by atoms with Crippen LogP contribution < -0.4 is 24.8 Å². The second kappa shape index (κ2) is 10.2. The van der Waals surface area contributed by atoms with E-state index < -0.39 is 5.60 Å². The van der Waals surface area contributed by atoms with Gasteiger partial charge in [0.15, 0.2) is 5.54 Å². The molecule has 7 heteroatoms. The van der Waals surface area contributed by atoms with Crippen LogP contribution in [-0.2, 0) is 16.1 Å². The number of fused-ring (bicyclic) bond motifs is 4. The van der Waals surface area contributed by atoms with Crippen molar-refractivity contribution in [1.82, 2.24) is 14.1 Å². The number of carbonyl (C=O) groups excluding carboxylic acids is 1. The summed E-state index contributed by atoms with van der Waals surface area (Å²) in [5.41, 5.74) is 5.79. The first-order valence-corrected chi connectivity index (χ1v) is 15.7. The lowest BCUT2D eigenvalue weighted by atomic mass is 9.85. The van der Waals surface area contributed by atoms with Crippen LogP contribution in [0.15, 0.2) is 48.8 Å². The predicted octanol–water partition coefficient (Wildman–Crippen LogP) is 5.92. The van der Waals surface area contributed by atoms with Gasteiger partial charge in [0.2, 0.25) is 5.36 Å². The third-order valence-corrected chi connectivity index (χ3v) is 8.91. The van der Waals surface area contributed by atoms with Gasteiger partial charge in [-0.25, -0.2) is 9.56 Å². The maximum atomic E-state index is 13.0. The van der Waals surface area contributed by atoms with Crippen LogP contribution in [0.2, 0.25) is 0 Å². The van der Waals surface area contributed by atoms with Crippen molar-refractivity contribution in [2.24, 2.45) is 0 Å². The Hall–Kier alpha value is -4.13. The Morgan fingerprint density at radius 3 is 2.48 bits per heavy atom. The van der Waals surface area contributed by atoms with Crippen molar-refractivity contribution in [1.29, 1.82) is 0 Å². The maximum absolute atomic E-state index is 13.0. The first-order chi connectivity index (χ1) is 20.6. The molecule has 7 nitrogen and oxygen atoms in total. The molecular formula is C37H45N4O3+. The molecule has 1 aromatic heterocycles. The van der Waals surface area contributed by atoms with E-state index in [1.165, 1.54) is 11.1 Å². The topological polar surface area (TPSA) is 59.6 Å². The molecular weight excluding hydrogens is 548 g/mol. The van der Waals surface area contributed by atoms with Crippen molar-refractivity contribution in [3.63, 3.8) is 0 Å². The van der Waals surface area contributed by atoms with Crippen LogP contribution in [0, 0.1) is 0 Å². The first kappa shape index (κ1) is 29.9. The van der Waals surface area contributed by atoms with Crippen molar-refractivity contribution in [2.75, 3.05) is 18.0 Å². The zero-order chi connectivity index (χ0) is 31.8. The number of rotatable bonds is 5. The van der Waals surface area contributed by atoms with E-state index in [1.54, 1.807) is 6.20 Å². The van der Waals surface area contributed by atoms with Gasteiger partial charge in [0, 0.05) is 72.0 Å². The third-order valence-electron chi connectivity index (χ3n) is 8.91. The summed E-state index contributed by atoms with van der Waals surface area (Å²) in [6.07, 6.45) is 10.4. The van der Waals surface area contributed by atoms with Crippen LogP contribution in [0.5, 0.6) is 11.5 Å². The molecule has 0 radical (unpaired) electrons. The van der Waals surface area contributed by atoms with Crippen molar-refractivity contribution in [3.05, 3.63) is 81.9 Å². The number of ether oxygens (including phenoxy) is 2. The number of allylic oxidation sites excluding steroid dienone is 1. The van der Waals surface area contributed by atoms with Crippen molar-refractivity contribution < 1.29 is 14.3 Å². The number of benzene rings is 2. The molecule has 6 rings (SSSR count). The standard InChI is InChI=1S/C37H45N4O3/c1-11-40-28-19-30-26(17-24(28)13-14-36(40,7)8)33(34-38-15-16-39(34)22-32(42)44-35(4,5)6)27-18-25-23(3)21-37(9,10)41(12-2)29(25)20-31(27)43-30/h13-21H,11-12,22H2,1-10H3/q+1. The molecule has 0 unspecified atom stereocenters. The number of nitrogens with zero attached hydrogens (tertiary/aromatic N) is 4. The molecule has 0 amide bonds. The fourth-order valence-corrected chi connectivity index (χ4v) is 7.15. The number of carbonyl (C=O) groups is 1. The van der Waals surface area contributed by atoms with E-state index in [1.807, 2.05) is 31.5 Å². The normalized spacial score (nSPS) is 17.7. The highest BCUT2D eigenvalue weighted by atomic mass is 16.6. The quantitative estimate of drug-likeness (QED) is 0.213. The Balaban J connectivity index is 1.65. The van der Waals surface area contributed by atoms with Gasteiger partial charge in [-0.2, -0.15) is 0 Å². The highest BCUT2D eigenvalue weighted by Crippen LogP contribution is 2.46. The number of imidazole rings is 1. The molecule has 3 aliphatic rings. The molecule has 0 saturated heterocycles. The summed E-state index contributed by atoms with van der Waals surface area (Å²) >= 11 is 0. The van der Waals surface area contributed by atoms with Crippen LogP contribution in [0.4, 0.5) is 5.69 Å². The smallest absolute Gasteiger partial charge is 0.326 e. The zero-order valence-electron chi connectivity index (χ0n) is 27.8. The van der Waals surface area contributed by atoms with Gasteiger partial charge in [0.1, 0.15) is 36.0 Å². The second-order valence-electron chi connectivity index (χ2n) is 14.2. The van der Waals surface area contributed by atoms with Crippen molar-refractivity contribution in [2.45, 2.75) is 92.5 Å².